The van der Waals surface area contributed by atoms with Crippen molar-refractivity contribution in [2.45, 2.75) is 19.9 Å². The molecule has 1 aliphatic rings. The predicted octanol–water partition coefficient (Wildman–Crippen LogP) is 3.64. The number of aromatic nitrogens is 1. The fourth-order valence-corrected chi connectivity index (χ4v) is 5.96. The van der Waals surface area contributed by atoms with Gasteiger partial charge in [0.2, 0.25) is 0 Å². The van der Waals surface area contributed by atoms with E-state index in [4.69, 9.17) is 14.2 Å². The minimum Gasteiger partial charge on any atom is -0.490 e. The molecular weight excluding hydrogens is 528 g/mol. The predicted molar refractivity (Wildman–Crippen MR) is 132 cm³/mol. The molecule has 0 N–H and O–H groups in total. The van der Waals surface area contributed by atoms with Gasteiger partial charge in [0, 0.05) is 15.5 Å². The molecule has 0 saturated heterocycles. The summed E-state index contributed by atoms with van der Waals surface area (Å²) in [6, 6.07) is 6.64. The van der Waals surface area contributed by atoms with Crippen molar-refractivity contribution in [3.63, 3.8) is 0 Å². The summed E-state index contributed by atoms with van der Waals surface area (Å²) in [5.41, 5.74) is 0.726. The molecule has 0 fully saturated rings. The number of thiophene rings is 1. The van der Waals surface area contributed by atoms with Crippen LogP contribution < -0.4 is 24.4 Å². The second kappa shape index (κ2) is 10.1. The number of hydrogen-bond acceptors (Lipinski definition) is 8. The molecule has 1 aliphatic heterocycles. The number of esters is 1. The van der Waals surface area contributed by atoms with Gasteiger partial charge in [0.05, 0.1) is 36.5 Å². The van der Waals surface area contributed by atoms with Gasteiger partial charge in [-0.05, 0) is 65.0 Å². The highest BCUT2D eigenvalue weighted by molar-refractivity contribution is 9.10. The normalized spacial score (nSPS) is 15.5. The number of hydrogen-bond donors (Lipinski definition) is 0. The average Bonchev–Trinajstić information content (AvgIpc) is 3.37. The third kappa shape index (κ3) is 4.55. The second-order valence-electron chi connectivity index (χ2n) is 6.88. The van der Waals surface area contributed by atoms with Crippen LogP contribution in [0.3, 0.4) is 0 Å². The van der Waals surface area contributed by atoms with Crippen LogP contribution in [-0.2, 0) is 9.53 Å². The number of nitrogens with zero attached hydrogens (tertiary/aromatic N) is 2. The molecule has 7 nitrogen and oxygen atoms in total. The van der Waals surface area contributed by atoms with Gasteiger partial charge < -0.3 is 14.2 Å². The number of carbonyl (C=O) groups excluding carboxylic acids is 1. The van der Waals surface area contributed by atoms with Crippen LogP contribution in [0.1, 0.15) is 30.3 Å². The molecule has 3 heterocycles. The number of fused-ring (bicyclic) bond motifs is 1. The van der Waals surface area contributed by atoms with Crippen molar-refractivity contribution in [2.75, 3.05) is 20.3 Å². The molecule has 2 aromatic heterocycles. The summed E-state index contributed by atoms with van der Waals surface area (Å²) in [4.78, 5) is 32.0. The molecule has 10 heteroatoms. The molecule has 172 valence electrons. The highest BCUT2D eigenvalue weighted by Gasteiger charge is 2.31. The Morgan fingerprint density at radius 3 is 2.64 bits per heavy atom. The first-order valence-electron chi connectivity index (χ1n) is 10.2. The lowest BCUT2D eigenvalue weighted by molar-refractivity contribution is -0.136. The summed E-state index contributed by atoms with van der Waals surface area (Å²) in [5, 5.41) is 1.94. The molecule has 3 aromatic rings. The molecule has 0 bridgehead atoms. The first-order chi connectivity index (χ1) is 16.0. The molecule has 1 atom stereocenters. The maximum absolute atomic E-state index is 13.5. The van der Waals surface area contributed by atoms with Crippen LogP contribution in [-0.4, -0.2) is 30.9 Å². The van der Waals surface area contributed by atoms with Crippen LogP contribution in [0.5, 0.6) is 11.5 Å². The highest BCUT2D eigenvalue weighted by Crippen LogP contribution is 2.35. The Kier molecular flexibility index (Phi) is 7.16. The Balaban J connectivity index is 1.92. The highest BCUT2D eigenvalue weighted by atomic mass is 79.9. The Bertz CT molecular complexity index is 1400. The van der Waals surface area contributed by atoms with Crippen LogP contribution in [0, 0.1) is 0 Å². The van der Waals surface area contributed by atoms with Crippen molar-refractivity contribution >= 4 is 50.6 Å². The summed E-state index contributed by atoms with van der Waals surface area (Å²) in [5.74, 6) is 0.593. The average molecular weight is 549 g/mol. The molecule has 0 spiro atoms. The van der Waals surface area contributed by atoms with Crippen molar-refractivity contribution < 1.29 is 19.0 Å². The number of rotatable bonds is 7. The van der Waals surface area contributed by atoms with Gasteiger partial charge in [-0.3, -0.25) is 9.36 Å². The summed E-state index contributed by atoms with van der Waals surface area (Å²) in [7, 11) is 1.31. The number of halogens is 1. The van der Waals surface area contributed by atoms with Gasteiger partial charge in [0.25, 0.3) is 5.56 Å². The van der Waals surface area contributed by atoms with Crippen molar-refractivity contribution in [3.8, 4) is 11.5 Å². The fourth-order valence-electron chi connectivity index (χ4n) is 3.51. The van der Waals surface area contributed by atoms with Crippen LogP contribution in [0.25, 0.3) is 6.08 Å². The maximum atomic E-state index is 13.5. The van der Waals surface area contributed by atoms with Crippen molar-refractivity contribution in [3.05, 3.63) is 76.0 Å². The van der Waals surface area contributed by atoms with Crippen LogP contribution in [0.15, 0.2) is 55.7 Å². The van der Waals surface area contributed by atoms with E-state index in [-0.39, 0.29) is 11.1 Å². The fraction of sp³-hybridized carbons (Fsp3) is 0.261. The Hall–Kier alpha value is -2.69. The number of carbonyl (C=O) groups is 1. The number of benzene rings is 1. The number of ether oxygens (including phenoxy) is 3. The van der Waals surface area contributed by atoms with E-state index < -0.39 is 12.0 Å². The van der Waals surface area contributed by atoms with E-state index >= 15 is 0 Å². The maximum Gasteiger partial charge on any atom is 0.337 e. The summed E-state index contributed by atoms with van der Waals surface area (Å²) in [6.45, 7) is 4.71. The lowest BCUT2D eigenvalue weighted by Crippen LogP contribution is -2.39. The van der Waals surface area contributed by atoms with E-state index in [1.165, 1.54) is 40.6 Å². The van der Waals surface area contributed by atoms with Crippen LogP contribution >= 0.6 is 38.6 Å². The lowest BCUT2D eigenvalue weighted by Gasteiger charge is -2.23. The van der Waals surface area contributed by atoms with Gasteiger partial charge >= 0.3 is 5.97 Å². The Morgan fingerprint density at radius 2 is 1.97 bits per heavy atom. The second-order valence-corrected chi connectivity index (χ2v) is 9.69. The zero-order valence-corrected chi connectivity index (χ0v) is 21.4. The number of thiazole rings is 1. The molecule has 0 unspecified atom stereocenters. The zero-order valence-electron chi connectivity index (χ0n) is 18.2. The summed E-state index contributed by atoms with van der Waals surface area (Å²) in [6.07, 6.45) is 3.31. The largest absolute Gasteiger partial charge is 0.490 e. The number of methoxy groups -OCH3 is 1. The van der Waals surface area contributed by atoms with Crippen LogP contribution in [0.4, 0.5) is 0 Å². The van der Waals surface area contributed by atoms with Gasteiger partial charge in [-0.2, -0.15) is 0 Å². The Morgan fingerprint density at radius 1 is 1.21 bits per heavy atom. The monoisotopic (exact) mass is 548 g/mol. The molecule has 1 aromatic carbocycles. The molecule has 33 heavy (non-hydrogen) atoms. The molecule has 0 amide bonds. The molecule has 0 radical (unpaired) electrons. The van der Waals surface area contributed by atoms with Gasteiger partial charge in [-0.25, -0.2) is 9.79 Å². The van der Waals surface area contributed by atoms with Crippen LogP contribution in [0.2, 0.25) is 0 Å². The van der Waals surface area contributed by atoms with Gasteiger partial charge in [0.1, 0.15) is 0 Å². The summed E-state index contributed by atoms with van der Waals surface area (Å²) >= 11 is 6.31. The van der Waals surface area contributed by atoms with Gasteiger partial charge in [-0.15, -0.1) is 11.3 Å². The minimum atomic E-state index is -0.711. The van der Waals surface area contributed by atoms with E-state index in [0.29, 0.717) is 39.6 Å². The molecular formula is C23H21BrN2O5S2. The first kappa shape index (κ1) is 23.5. The smallest absolute Gasteiger partial charge is 0.337 e. The van der Waals surface area contributed by atoms with E-state index in [1.807, 2.05) is 37.4 Å². The topological polar surface area (TPSA) is 79.1 Å². The van der Waals surface area contributed by atoms with Gasteiger partial charge in [-0.1, -0.05) is 17.4 Å². The molecule has 0 aliphatic carbocycles. The van der Waals surface area contributed by atoms with Gasteiger partial charge in [0.15, 0.2) is 16.3 Å². The third-order valence-electron chi connectivity index (χ3n) is 4.92. The quantitative estimate of drug-likeness (QED) is 0.421. The van der Waals surface area contributed by atoms with Crippen molar-refractivity contribution in [1.82, 2.24) is 4.57 Å². The van der Waals surface area contributed by atoms with Crippen molar-refractivity contribution in [1.29, 1.82) is 0 Å². The van der Waals surface area contributed by atoms with E-state index in [2.05, 4.69) is 20.9 Å². The molecule has 0 saturated carbocycles. The summed E-state index contributed by atoms with van der Waals surface area (Å²) < 4.78 is 19.4. The van der Waals surface area contributed by atoms with E-state index in [0.717, 1.165) is 9.35 Å². The standard InChI is InChI=1S/C23H21BrN2O5S2/c1-4-30-16-7-6-13(10-17(16)31-5-2)20-14(22(28)29-3)12-25-23-26(20)21(27)19(33-23)11-18-15(24)8-9-32-18/h6-12,20H,4-5H2,1-3H3/b19-11-/t20-/m1/s1. The first-order valence-corrected chi connectivity index (χ1v) is 12.7. The zero-order chi connectivity index (χ0) is 23.5. The SMILES string of the molecule is CCOc1ccc([C@@H]2C(C(=O)OC)=CN=c3s/c(=C\c4sccc4Br)c(=O)n32)cc1OCC. The van der Waals surface area contributed by atoms with E-state index in [1.54, 1.807) is 12.1 Å². The lowest BCUT2D eigenvalue weighted by atomic mass is 9.97. The minimum absolute atomic E-state index is 0.231. The third-order valence-corrected chi connectivity index (χ3v) is 7.73. The molecule has 4 rings (SSSR count). The van der Waals surface area contributed by atoms with Crippen molar-refractivity contribution in [2.24, 2.45) is 4.99 Å². The Labute approximate surface area is 206 Å². The van der Waals surface area contributed by atoms with E-state index in [9.17, 15) is 9.59 Å².